The number of halogens is 2. The normalized spacial score (nSPS) is 10.2. The molecule has 2 rings (SSSR count). The van der Waals surface area contributed by atoms with Gasteiger partial charge in [0.2, 0.25) is 5.28 Å². The number of aromatic nitrogens is 4. The van der Waals surface area contributed by atoms with Crippen LogP contribution in [0.15, 0.2) is 6.33 Å². The van der Waals surface area contributed by atoms with Crippen LogP contribution >= 0.6 is 28.6 Å². The van der Waals surface area contributed by atoms with Crippen molar-refractivity contribution in [3.05, 3.63) is 11.6 Å². The minimum Gasteiger partial charge on any atom is -0.395 e. The fourth-order valence-electron chi connectivity index (χ4n) is 1.33. The van der Waals surface area contributed by atoms with Gasteiger partial charge in [0.15, 0.2) is 11.5 Å². The molecule has 0 bridgehead atoms. The van der Waals surface area contributed by atoms with Gasteiger partial charge in [-0.2, -0.15) is 9.97 Å². The summed E-state index contributed by atoms with van der Waals surface area (Å²) in [6.07, 6.45) is 1.64. The van der Waals surface area contributed by atoms with Crippen LogP contribution in [0.5, 0.6) is 0 Å². The number of rotatable bonds is 3. The SMILES string of the molecule is Br.Cn1cnc2nc(Cl)nc(NCCO)c21. The first-order valence-corrected chi connectivity index (χ1v) is 4.79. The number of aliphatic hydroxyl groups excluding tert-OH is 1. The van der Waals surface area contributed by atoms with Crippen molar-refractivity contribution in [2.45, 2.75) is 0 Å². The van der Waals surface area contributed by atoms with Gasteiger partial charge in [0.1, 0.15) is 5.52 Å². The van der Waals surface area contributed by atoms with Crippen molar-refractivity contribution in [1.29, 1.82) is 0 Å². The molecule has 2 aromatic heterocycles. The van der Waals surface area contributed by atoms with Gasteiger partial charge in [-0.25, -0.2) is 4.98 Å². The highest BCUT2D eigenvalue weighted by atomic mass is 79.9. The Hall–Kier alpha value is -0.920. The molecule has 0 aromatic carbocycles. The lowest BCUT2D eigenvalue weighted by atomic mass is 10.4. The lowest BCUT2D eigenvalue weighted by Crippen LogP contribution is -2.09. The predicted octanol–water partition coefficient (Wildman–Crippen LogP) is 0.999. The highest BCUT2D eigenvalue weighted by Gasteiger charge is 2.10. The molecular formula is C8H11BrClN5O. The van der Waals surface area contributed by atoms with Crippen molar-refractivity contribution in [3.8, 4) is 0 Å². The smallest absolute Gasteiger partial charge is 0.226 e. The van der Waals surface area contributed by atoms with Gasteiger partial charge >= 0.3 is 0 Å². The molecule has 0 saturated carbocycles. The third kappa shape index (κ3) is 2.42. The van der Waals surface area contributed by atoms with Gasteiger partial charge in [-0.1, -0.05) is 0 Å². The summed E-state index contributed by atoms with van der Waals surface area (Å²) in [5, 5.41) is 11.8. The molecule has 16 heavy (non-hydrogen) atoms. The molecule has 2 aromatic rings. The summed E-state index contributed by atoms with van der Waals surface area (Å²) in [4.78, 5) is 12.1. The molecule has 2 heterocycles. The van der Waals surface area contributed by atoms with Crippen LogP contribution in [0.3, 0.4) is 0 Å². The highest BCUT2D eigenvalue weighted by Crippen LogP contribution is 2.20. The summed E-state index contributed by atoms with van der Waals surface area (Å²) < 4.78 is 1.80. The minimum atomic E-state index is 0. The van der Waals surface area contributed by atoms with Gasteiger partial charge in [-0.15, -0.1) is 17.0 Å². The maximum absolute atomic E-state index is 8.73. The van der Waals surface area contributed by atoms with Crippen LogP contribution in [0.1, 0.15) is 0 Å². The average molecular weight is 309 g/mol. The second-order valence-corrected chi connectivity index (χ2v) is 3.36. The first-order chi connectivity index (χ1) is 7.22. The van der Waals surface area contributed by atoms with Gasteiger partial charge in [-0.3, -0.25) is 0 Å². The van der Waals surface area contributed by atoms with Crippen molar-refractivity contribution in [3.63, 3.8) is 0 Å². The van der Waals surface area contributed by atoms with E-state index in [-0.39, 0.29) is 28.9 Å². The Labute approximate surface area is 107 Å². The van der Waals surface area contributed by atoms with E-state index in [0.29, 0.717) is 18.0 Å². The lowest BCUT2D eigenvalue weighted by molar-refractivity contribution is 0.311. The van der Waals surface area contributed by atoms with E-state index >= 15 is 0 Å². The number of aliphatic hydroxyl groups is 1. The van der Waals surface area contributed by atoms with Gasteiger partial charge in [0.25, 0.3) is 0 Å². The summed E-state index contributed by atoms with van der Waals surface area (Å²) in [6.45, 7) is 0.439. The standard InChI is InChI=1S/C8H10ClN5O.BrH/c1-14-4-11-7-5(14)6(10-2-3-15)12-8(9)13-7;/h4,15H,2-3H2,1H3,(H,10,12,13);1H. The van der Waals surface area contributed by atoms with E-state index in [0.717, 1.165) is 5.52 Å². The first kappa shape index (κ1) is 13.1. The molecule has 6 nitrogen and oxygen atoms in total. The van der Waals surface area contributed by atoms with Crippen LogP contribution < -0.4 is 5.32 Å². The van der Waals surface area contributed by atoms with E-state index in [1.54, 1.807) is 10.9 Å². The van der Waals surface area contributed by atoms with Crippen LogP contribution in [0, 0.1) is 0 Å². The molecule has 0 radical (unpaired) electrons. The van der Waals surface area contributed by atoms with E-state index in [4.69, 9.17) is 16.7 Å². The van der Waals surface area contributed by atoms with Crippen molar-refractivity contribution >= 4 is 45.6 Å². The Morgan fingerprint density at radius 3 is 2.94 bits per heavy atom. The molecule has 0 spiro atoms. The van der Waals surface area contributed by atoms with Crippen LogP contribution in [0.4, 0.5) is 5.82 Å². The number of hydrogen-bond donors (Lipinski definition) is 2. The molecule has 0 fully saturated rings. The maximum atomic E-state index is 8.73. The summed E-state index contributed by atoms with van der Waals surface area (Å²) >= 11 is 5.74. The predicted molar refractivity (Wildman–Crippen MR) is 67.2 cm³/mol. The van der Waals surface area contributed by atoms with E-state index in [9.17, 15) is 0 Å². The van der Waals surface area contributed by atoms with Crippen LogP contribution in [0.25, 0.3) is 11.2 Å². The molecule has 0 aliphatic rings. The van der Waals surface area contributed by atoms with Crippen molar-refractivity contribution in [1.82, 2.24) is 19.5 Å². The van der Waals surface area contributed by atoms with Crippen LogP contribution in [0.2, 0.25) is 5.28 Å². The largest absolute Gasteiger partial charge is 0.395 e. The second kappa shape index (κ2) is 5.42. The van der Waals surface area contributed by atoms with Crippen molar-refractivity contribution in [2.24, 2.45) is 7.05 Å². The Morgan fingerprint density at radius 2 is 2.25 bits per heavy atom. The zero-order chi connectivity index (χ0) is 10.8. The quantitative estimate of drug-likeness (QED) is 0.827. The second-order valence-electron chi connectivity index (χ2n) is 3.02. The number of imidazole rings is 1. The zero-order valence-corrected chi connectivity index (χ0v) is 11.0. The van der Waals surface area contributed by atoms with E-state index < -0.39 is 0 Å². The average Bonchev–Trinajstić information content (AvgIpc) is 2.56. The summed E-state index contributed by atoms with van der Waals surface area (Å²) in [6, 6.07) is 0. The van der Waals surface area contributed by atoms with E-state index in [1.807, 2.05) is 7.05 Å². The molecule has 0 unspecified atom stereocenters. The minimum absolute atomic E-state index is 0. The monoisotopic (exact) mass is 307 g/mol. The van der Waals surface area contributed by atoms with Gasteiger partial charge in [0.05, 0.1) is 12.9 Å². The summed E-state index contributed by atoms with van der Waals surface area (Å²) in [5.41, 5.74) is 1.31. The number of nitrogens with one attached hydrogen (secondary N) is 1. The van der Waals surface area contributed by atoms with Gasteiger partial charge in [-0.05, 0) is 11.6 Å². The van der Waals surface area contributed by atoms with Gasteiger partial charge in [0, 0.05) is 13.6 Å². The van der Waals surface area contributed by atoms with Crippen LogP contribution in [-0.4, -0.2) is 37.8 Å². The molecule has 0 aliphatic heterocycles. The fraction of sp³-hybridized carbons (Fsp3) is 0.375. The Morgan fingerprint density at radius 1 is 1.50 bits per heavy atom. The molecule has 0 saturated heterocycles. The Kier molecular flexibility index (Phi) is 4.45. The molecule has 8 heteroatoms. The molecule has 0 atom stereocenters. The Balaban J connectivity index is 0.00000128. The number of fused-ring (bicyclic) bond motifs is 1. The maximum Gasteiger partial charge on any atom is 0.226 e. The lowest BCUT2D eigenvalue weighted by Gasteiger charge is -2.05. The number of nitrogens with zero attached hydrogens (tertiary/aromatic N) is 4. The van der Waals surface area contributed by atoms with Gasteiger partial charge < -0.3 is 15.0 Å². The number of aryl methyl sites for hydroxylation is 1. The molecule has 0 amide bonds. The van der Waals surface area contributed by atoms with E-state index in [2.05, 4.69) is 20.3 Å². The molecule has 88 valence electrons. The number of anilines is 1. The van der Waals surface area contributed by atoms with Crippen molar-refractivity contribution < 1.29 is 5.11 Å². The third-order valence-electron chi connectivity index (χ3n) is 1.95. The fourth-order valence-corrected chi connectivity index (χ4v) is 1.49. The Bertz CT molecular complexity index is 488. The van der Waals surface area contributed by atoms with Crippen molar-refractivity contribution in [2.75, 3.05) is 18.5 Å². The summed E-state index contributed by atoms with van der Waals surface area (Å²) in [5.74, 6) is 0.582. The van der Waals surface area contributed by atoms with E-state index in [1.165, 1.54) is 0 Å². The number of hydrogen-bond acceptors (Lipinski definition) is 5. The zero-order valence-electron chi connectivity index (χ0n) is 8.51. The summed E-state index contributed by atoms with van der Waals surface area (Å²) in [7, 11) is 1.84. The molecule has 2 N–H and O–H groups in total. The molecular weight excluding hydrogens is 297 g/mol. The first-order valence-electron chi connectivity index (χ1n) is 4.41. The topological polar surface area (TPSA) is 75.9 Å². The molecule has 0 aliphatic carbocycles. The van der Waals surface area contributed by atoms with Crippen LogP contribution in [-0.2, 0) is 7.05 Å². The highest BCUT2D eigenvalue weighted by molar-refractivity contribution is 8.93. The third-order valence-corrected chi connectivity index (χ3v) is 2.12.